The Morgan fingerprint density at radius 1 is 1.33 bits per heavy atom. The van der Waals surface area contributed by atoms with E-state index in [4.69, 9.17) is 11.6 Å². The second-order valence-corrected chi connectivity index (χ2v) is 6.59. The third kappa shape index (κ3) is 3.65. The molecule has 0 spiro atoms. The standard InChI is InChI=1S/C10H6BrClN4O4S/c11-6-1-2-7(16(17)18)8(5-6)21(19,20)15-9-3-4-13-10(12)14-9/h1-5H,(H,13,14,15). The summed E-state index contributed by atoms with van der Waals surface area (Å²) in [4.78, 5) is 16.9. The van der Waals surface area contributed by atoms with Gasteiger partial charge in [-0.15, -0.1) is 0 Å². The lowest BCUT2D eigenvalue weighted by Gasteiger charge is -2.08. The largest absolute Gasteiger partial charge is 0.289 e. The van der Waals surface area contributed by atoms with Gasteiger partial charge in [0.1, 0.15) is 5.82 Å². The first-order valence-electron chi connectivity index (χ1n) is 5.25. The highest BCUT2D eigenvalue weighted by Gasteiger charge is 2.26. The highest BCUT2D eigenvalue weighted by Crippen LogP contribution is 2.28. The summed E-state index contributed by atoms with van der Waals surface area (Å²) in [5.41, 5.74) is -0.550. The van der Waals surface area contributed by atoms with Gasteiger partial charge in [-0.05, 0) is 29.8 Å². The molecule has 0 atom stereocenters. The number of aromatic nitrogens is 2. The molecule has 8 nitrogen and oxygen atoms in total. The fourth-order valence-corrected chi connectivity index (χ4v) is 3.30. The van der Waals surface area contributed by atoms with Gasteiger partial charge in [-0.2, -0.15) is 4.98 Å². The number of nitrogens with one attached hydrogen (secondary N) is 1. The summed E-state index contributed by atoms with van der Waals surface area (Å²) in [6, 6.07) is 4.86. The predicted octanol–water partition coefficient (Wildman–Crippen LogP) is 2.60. The van der Waals surface area contributed by atoms with Crippen LogP contribution in [0.2, 0.25) is 5.28 Å². The molecule has 21 heavy (non-hydrogen) atoms. The number of nitrogens with zero attached hydrogens (tertiary/aromatic N) is 3. The molecular formula is C10H6BrClN4O4S. The maximum atomic E-state index is 12.3. The zero-order valence-corrected chi connectivity index (χ0v) is 13.2. The number of rotatable bonds is 4. The van der Waals surface area contributed by atoms with Crippen LogP contribution in [0.1, 0.15) is 0 Å². The predicted molar refractivity (Wildman–Crippen MR) is 78.6 cm³/mol. The molecule has 1 heterocycles. The molecule has 0 aliphatic heterocycles. The number of halogens is 2. The number of benzene rings is 1. The monoisotopic (exact) mass is 392 g/mol. The van der Waals surface area contributed by atoms with Crippen molar-refractivity contribution in [2.24, 2.45) is 0 Å². The lowest BCUT2D eigenvalue weighted by Crippen LogP contribution is -2.15. The van der Waals surface area contributed by atoms with E-state index in [1.54, 1.807) is 0 Å². The minimum absolute atomic E-state index is 0.0933. The average Bonchev–Trinajstić information content (AvgIpc) is 2.37. The highest BCUT2D eigenvalue weighted by molar-refractivity contribution is 9.10. The molecule has 0 amide bonds. The molecule has 1 N–H and O–H groups in total. The zero-order valence-electron chi connectivity index (χ0n) is 10.0. The SMILES string of the molecule is O=[N+]([O-])c1ccc(Br)cc1S(=O)(=O)Nc1ccnc(Cl)n1. The van der Waals surface area contributed by atoms with E-state index in [0.717, 1.165) is 12.1 Å². The molecule has 11 heteroatoms. The molecule has 1 aromatic heterocycles. The van der Waals surface area contributed by atoms with Crippen molar-refractivity contribution in [2.75, 3.05) is 4.72 Å². The fraction of sp³-hybridized carbons (Fsp3) is 0. The van der Waals surface area contributed by atoms with Crippen molar-refractivity contribution < 1.29 is 13.3 Å². The number of hydrogen-bond acceptors (Lipinski definition) is 6. The Morgan fingerprint density at radius 2 is 2.05 bits per heavy atom. The van der Waals surface area contributed by atoms with Crippen molar-refractivity contribution >= 4 is 49.1 Å². The summed E-state index contributed by atoms with van der Waals surface area (Å²) < 4.78 is 27.0. The first-order valence-corrected chi connectivity index (χ1v) is 7.90. The molecule has 2 rings (SSSR count). The number of nitro benzene ring substituents is 1. The Morgan fingerprint density at radius 3 is 2.67 bits per heavy atom. The summed E-state index contributed by atoms with van der Waals surface area (Å²) in [6.45, 7) is 0. The summed E-state index contributed by atoms with van der Waals surface area (Å²) in [5.74, 6) is -0.0933. The highest BCUT2D eigenvalue weighted by atomic mass is 79.9. The maximum Gasteiger partial charge on any atom is 0.289 e. The third-order valence-electron chi connectivity index (χ3n) is 2.27. The maximum absolute atomic E-state index is 12.3. The van der Waals surface area contributed by atoms with Gasteiger partial charge in [0.15, 0.2) is 4.90 Å². The van der Waals surface area contributed by atoms with Crippen molar-refractivity contribution in [3.8, 4) is 0 Å². The minimum Gasteiger partial charge on any atom is -0.263 e. The molecule has 110 valence electrons. The van der Waals surface area contributed by atoms with E-state index in [2.05, 4.69) is 30.6 Å². The van der Waals surface area contributed by atoms with Gasteiger partial charge in [-0.1, -0.05) is 15.9 Å². The molecule has 0 radical (unpaired) electrons. The number of nitro groups is 1. The van der Waals surface area contributed by atoms with E-state index in [0.29, 0.717) is 4.47 Å². The van der Waals surface area contributed by atoms with Gasteiger partial charge in [0, 0.05) is 16.7 Å². The summed E-state index contributed by atoms with van der Waals surface area (Å²) in [7, 11) is -4.20. The molecule has 0 saturated heterocycles. The molecular weight excluding hydrogens is 388 g/mol. The molecule has 0 aliphatic carbocycles. The Hall–Kier alpha value is -1.78. The Balaban J connectivity index is 2.49. The molecule has 0 saturated carbocycles. The van der Waals surface area contributed by atoms with Crippen LogP contribution < -0.4 is 4.72 Å². The van der Waals surface area contributed by atoms with Crippen LogP contribution in [-0.2, 0) is 10.0 Å². The quantitative estimate of drug-likeness (QED) is 0.485. The fourth-order valence-electron chi connectivity index (χ4n) is 1.44. The topological polar surface area (TPSA) is 115 Å². The smallest absolute Gasteiger partial charge is 0.263 e. The van der Waals surface area contributed by atoms with Crippen LogP contribution in [0.3, 0.4) is 0 Å². The minimum atomic E-state index is -4.20. The van der Waals surface area contributed by atoms with Crippen LogP contribution in [0, 0.1) is 10.1 Å². The van der Waals surface area contributed by atoms with Gasteiger partial charge in [-0.3, -0.25) is 14.8 Å². The summed E-state index contributed by atoms with van der Waals surface area (Å²) in [5, 5.41) is 10.8. The molecule has 0 unspecified atom stereocenters. The Bertz CT molecular complexity index is 814. The second kappa shape index (κ2) is 5.92. The normalized spacial score (nSPS) is 11.1. The van der Waals surface area contributed by atoms with Crippen LogP contribution in [0.5, 0.6) is 0 Å². The van der Waals surface area contributed by atoms with Crippen molar-refractivity contribution in [1.82, 2.24) is 9.97 Å². The van der Waals surface area contributed by atoms with E-state index in [1.807, 2.05) is 0 Å². The first kappa shape index (κ1) is 15.6. The van der Waals surface area contributed by atoms with Crippen LogP contribution >= 0.6 is 27.5 Å². The first-order chi connectivity index (χ1) is 9.79. The summed E-state index contributed by atoms with van der Waals surface area (Å²) >= 11 is 8.63. The molecule has 2 aromatic rings. The number of sulfonamides is 1. The van der Waals surface area contributed by atoms with Crippen molar-refractivity contribution in [2.45, 2.75) is 4.90 Å². The van der Waals surface area contributed by atoms with Crippen LogP contribution in [-0.4, -0.2) is 23.3 Å². The number of hydrogen-bond donors (Lipinski definition) is 1. The number of anilines is 1. The molecule has 0 fully saturated rings. The van der Waals surface area contributed by atoms with Crippen molar-refractivity contribution in [3.05, 3.63) is 50.3 Å². The van der Waals surface area contributed by atoms with Crippen molar-refractivity contribution in [3.63, 3.8) is 0 Å². The lowest BCUT2D eigenvalue weighted by atomic mass is 10.3. The van der Waals surface area contributed by atoms with Crippen LogP contribution in [0.15, 0.2) is 39.8 Å². The summed E-state index contributed by atoms with van der Waals surface area (Å²) in [6.07, 6.45) is 1.25. The van der Waals surface area contributed by atoms with Gasteiger partial charge in [-0.25, -0.2) is 13.4 Å². The third-order valence-corrected chi connectivity index (χ3v) is 4.33. The molecule has 0 bridgehead atoms. The zero-order chi connectivity index (χ0) is 15.6. The molecule has 0 aliphatic rings. The van der Waals surface area contributed by atoms with Crippen LogP contribution in [0.25, 0.3) is 0 Å². The van der Waals surface area contributed by atoms with E-state index in [-0.39, 0.29) is 11.1 Å². The second-order valence-electron chi connectivity index (χ2n) is 3.69. The van der Waals surface area contributed by atoms with E-state index >= 15 is 0 Å². The Labute approximate surface area is 132 Å². The van der Waals surface area contributed by atoms with Gasteiger partial charge in [0.25, 0.3) is 15.7 Å². The average molecular weight is 394 g/mol. The van der Waals surface area contributed by atoms with E-state index in [9.17, 15) is 18.5 Å². The van der Waals surface area contributed by atoms with Gasteiger partial charge in [0.2, 0.25) is 5.28 Å². The molecule has 1 aromatic carbocycles. The van der Waals surface area contributed by atoms with Gasteiger partial charge < -0.3 is 0 Å². The lowest BCUT2D eigenvalue weighted by molar-refractivity contribution is -0.387. The van der Waals surface area contributed by atoms with Crippen molar-refractivity contribution in [1.29, 1.82) is 0 Å². The Kier molecular flexibility index (Phi) is 4.40. The van der Waals surface area contributed by atoms with Gasteiger partial charge in [0.05, 0.1) is 4.92 Å². The van der Waals surface area contributed by atoms with Gasteiger partial charge >= 0.3 is 0 Å². The van der Waals surface area contributed by atoms with E-state index in [1.165, 1.54) is 18.3 Å². The van der Waals surface area contributed by atoms with E-state index < -0.39 is 25.5 Å². The van der Waals surface area contributed by atoms with Crippen LogP contribution in [0.4, 0.5) is 11.5 Å².